The number of rotatable bonds is 9. The second-order valence-electron chi connectivity index (χ2n) is 21.1. The number of allylic oxidation sites excluding steroid dienone is 1. The Labute approximate surface area is 377 Å². The van der Waals surface area contributed by atoms with E-state index >= 15 is 0 Å². The summed E-state index contributed by atoms with van der Waals surface area (Å²) in [6.45, 7) is 6.56. The molecule has 0 amide bonds. The molecule has 4 aliphatic carbocycles. The molecule has 20 heteroatoms. The minimum absolute atomic E-state index is 0.00712. The summed E-state index contributed by atoms with van der Waals surface area (Å²) >= 11 is 0. The topological polar surface area (TPSA) is 313 Å². The lowest BCUT2D eigenvalue weighted by Crippen LogP contribution is -2.67. The van der Waals surface area contributed by atoms with Gasteiger partial charge in [0.1, 0.15) is 79.0 Å². The van der Waals surface area contributed by atoms with E-state index in [4.69, 9.17) is 37.9 Å². The molecule has 0 unspecified atom stereocenters. The van der Waals surface area contributed by atoms with Crippen molar-refractivity contribution in [2.75, 3.05) is 26.4 Å². The van der Waals surface area contributed by atoms with Gasteiger partial charge in [-0.15, -0.1) is 0 Å². The highest BCUT2D eigenvalue weighted by Crippen LogP contribution is 2.69. The van der Waals surface area contributed by atoms with Crippen molar-refractivity contribution in [2.24, 2.45) is 46.3 Å². The molecule has 0 radical (unpaired) electrons. The maximum atomic E-state index is 14.6. The lowest BCUT2D eigenvalue weighted by Gasteiger charge is -2.58. The fourth-order valence-electron chi connectivity index (χ4n) is 13.8. The van der Waals surface area contributed by atoms with Gasteiger partial charge in [-0.05, 0) is 55.3 Å². The Balaban J connectivity index is 0.859. The van der Waals surface area contributed by atoms with Crippen molar-refractivity contribution in [3.8, 4) is 0 Å². The van der Waals surface area contributed by atoms with Crippen LogP contribution in [0.2, 0.25) is 0 Å². The molecule has 9 aliphatic rings. The van der Waals surface area contributed by atoms with Crippen LogP contribution >= 0.6 is 0 Å². The van der Waals surface area contributed by atoms with Crippen LogP contribution in [0.1, 0.15) is 72.6 Å². The summed E-state index contributed by atoms with van der Waals surface area (Å²) < 4.78 is 48.4. The molecule has 20 nitrogen and oxygen atoms in total. The highest BCUT2D eigenvalue weighted by Gasteiger charge is 2.72. The van der Waals surface area contributed by atoms with Gasteiger partial charge in [-0.1, -0.05) is 39.3 Å². The van der Waals surface area contributed by atoms with Crippen LogP contribution in [0, 0.1) is 46.3 Å². The number of hydrogen-bond donors (Lipinski definition) is 11. The molecule has 5 heterocycles. The largest absolute Gasteiger partial charge is 0.394 e. The summed E-state index contributed by atoms with van der Waals surface area (Å²) in [5.41, 5.74) is 0.308. The normalized spacial score (nSPS) is 56.7. The highest BCUT2D eigenvalue weighted by atomic mass is 16.8. The molecule has 0 aromatic heterocycles. The third-order valence-electron chi connectivity index (χ3n) is 17.7. The Hall–Kier alpha value is -1.35. The Bertz CT molecular complexity index is 1750. The van der Waals surface area contributed by atoms with Crippen LogP contribution in [0.4, 0.5) is 0 Å². The zero-order chi connectivity index (χ0) is 46.7. The average Bonchev–Trinajstić information content (AvgIpc) is 3.73. The first-order valence-corrected chi connectivity index (χ1v) is 23.6. The Morgan fingerprint density at radius 1 is 0.708 bits per heavy atom. The molecular weight excluding hydrogens is 860 g/mol. The van der Waals surface area contributed by atoms with E-state index in [1.165, 1.54) is 0 Å². The second kappa shape index (κ2) is 18.1. The van der Waals surface area contributed by atoms with Crippen LogP contribution in [-0.4, -0.2) is 205 Å². The van der Waals surface area contributed by atoms with Gasteiger partial charge in [-0.25, -0.2) is 0 Å². The fraction of sp³-hybridized carbons (Fsp3) is 0.933. The number of ether oxygens (including phenoxy) is 8. The number of aliphatic hydroxyl groups excluding tert-OH is 11. The van der Waals surface area contributed by atoms with E-state index in [0.29, 0.717) is 38.7 Å². The predicted molar refractivity (Wildman–Crippen MR) is 217 cm³/mol. The molecule has 5 saturated heterocycles. The summed E-state index contributed by atoms with van der Waals surface area (Å²) in [6.07, 6.45) is -19.9. The van der Waals surface area contributed by atoms with Crippen molar-refractivity contribution in [1.82, 2.24) is 0 Å². The van der Waals surface area contributed by atoms with Gasteiger partial charge in [0.25, 0.3) is 0 Å². The van der Waals surface area contributed by atoms with Crippen molar-refractivity contribution < 1.29 is 98.9 Å². The van der Waals surface area contributed by atoms with Gasteiger partial charge in [-0.2, -0.15) is 0 Å². The molecule has 1 spiro atoms. The minimum atomic E-state index is -1.91. The number of ketones is 1. The second-order valence-corrected chi connectivity index (χ2v) is 21.1. The van der Waals surface area contributed by atoms with Crippen molar-refractivity contribution in [1.29, 1.82) is 0 Å². The molecule has 0 aromatic rings. The smallest absolute Gasteiger partial charge is 0.187 e. The molecule has 27 atom stereocenters. The first-order chi connectivity index (χ1) is 30.8. The third-order valence-corrected chi connectivity index (χ3v) is 17.7. The van der Waals surface area contributed by atoms with E-state index < -0.39 is 135 Å². The lowest BCUT2D eigenvalue weighted by molar-refractivity contribution is -0.390. The van der Waals surface area contributed by atoms with Crippen molar-refractivity contribution >= 4 is 5.78 Å². The highest BCUT2D eigenvalue weighted by molar-refractivity contribution is 5.87. The van der Waals surface area contributed by atoms with E-state index in [2.05, 4.69) is 26.8 Å². The van der Waals surface area contributed by atoms with E-state index in [9.17, 15) is 61.0 Å². The molecule has 3 saturated carbocycles. The van der Waals surface area contributed by atoms with Crippen LogP contribution < -0.4 is 0 Å². The molecular formula is C45H70O20. The van der Waals surface area contributed by atoms with Crippen LogP contribution in [0.25, 0.3) is 0 Å². The number of aliphatic hydroxyl groups is 11. The Kier molecular flexibility index (Phi) is 13.6. The number of carbonyl (C=O) groups excluding carboxylic acids is 1. The van der Waals surface area contributed by atoms with Gasteiger partial charge in [0, 0.05) is 36.0 Å². The average molecular weight is 931 g/mol. The van der Waals surface area contributed by atoms with Gasteiger partial charge >= 0.3 is 0 Å². The summed E-state index contributed by atoms with van der Waals surface area (Å²) in [5, 5.41) is 117. The fourth-order valence-corrected chi connectivity index (χ4v) is 13.8. The van der Waals surface area contributed by atoms with Gasteiger partial charge in [0.2, 0.25) is 0 Å². The summed E-state index contributed by atoms with van der Waals surface area (Å²) in [7, 11) is 0. The summed E-state index contributed by atoms with van der Waals surface area (Å²) in [5.74, 6) is -0.146. The molecule has 65 heavy (non-hydrogen) atoms. The van der Waals surface area contributed by atoms with Crippen LogP contribution in [0.5, 0.6) is 0 Å². The molecule has 9 rings (SSSR count). The molecule has 11 N–H and O–H groups in total. The van der Waals surface area contributed by atoms with Crippen LogP contribution in [0.3, 0.4) is 0 Å². The van der Waals surface area contributed by atoms with Crippen molar-refractivity contribution in [3.63, 3.8) is 0 Å². The van der Waals surface area contributed by atoms with Crippen molar-refractivity contribution in [3.05, 3.63) is 11.6 Å². The number of hydrogen-bond acceptors (Lipinski definition) is 20. The zero-order valence-corrected chi connectivity index (χ0v) is 37.3. The third kappa shape index (κ3) is 7.82. The standard InChI is InChI=1S/C45H70O20/c1-17-16-58-45(12-24(17)49)18(2)30-25(65-45)10-23-21-6-5-19-9-20(7-8-43(19,3)22(21)11-29(50)44(23,30)4)59-40-37(57)35(55)38(28(15-48)62-40)63-42-39(34(54)32(52)27(14-47)61-42)64-41-36(56)33(53)31(51)26(13-46)60-41/h5,17-18,20-28,30-42,46-49,51-57H,6-16H2,1-4H3/t17-,18+,20+,21-,22+,23+,24+,25+,26-,27-,28-,30+,31-,32-,33+,34+,35-,36-,37-,38+,39-,40-,41+,42+,43+,44-,45-/m1/s1. The van der Waals surface area contributed by atoms with Crippen molar-refractivity contribution in [2.45, 2.75) is 189 Å². The number of Topliss-reactive ketones (excluding diaryl/α,β-unsaturated/α-hetero) is 1. The maximum absolute atomic E-state index is 14.6. The number of carbonyl (C=O) groups is 1. The first-order valence-electron chi connectivity index (χ1n) is 23.6. The Morgan fingerprint density at radius 3 is 1.98 bits per heavy atom. The van der Waals surface area contributed by atoms with Gasteiger partial charge in [0.05, 0.1) is 44.7 Å². The monoisotopic (exact) mass is 930 g/mol. The minimum Gasteiger partial charge on any atom is -0.394 e. The molecule has 370 valence electrons. The summed E-state index contributed by atoms with van der Waals surface area (Å²) in [4.78, 5) is 14.6. The zero-order valence-electron chi connectivity index (χ0n) is 37.3. The van der Waals surface area contributed by atoms with E-state index in [-0.39, 0.29) is 52.8 Å². The maximum Gasteiger partial charge on any atom is 0.187 e. The SMILES string of the molecule is C[C@@H]1CO[C@]2(C[C@@H]1O)O[C@H]1C[C@H]3[C@@H]4CC=C5C[C@@H](O[C@@H]6O[C@H](CO)[C@H](O[C@@H]7O[C@H](CO)[C@@H](O)[C@H](O)[C@H]7O[C@@H]7O[C@H](CO)[C@@H](O)[C@H](O)[C@H]7O)[C@H](O)[C@H]6O)CC[C@]5(C)[C@H]4CC(=O)[C@]3(C)[C@H]1[C@@H]2C. The molecule has 0 bridgehead atoms. The van der Waals surface area contributed by atoms with E-state index in [0.717, 1.165) is 18.4 Å². The molecule has 5 aliphatic heterocycles. The van der Waals surface area contributed by atoms with E-state index in [1.807, 2.05) is 6.92 Å². The first kappa shape index (κ1) is 48.7. The van der Waals surface area contributed by atoms with Gasteiger partial charge in [0.15, 0.2) is 24.7 Å². The van der Waals surface area contributed by atoms with Gasteiger partial charge < -0.3 is 94.1 Å². The van der Waals surface area contributed by atoms with Crippen LogP contribution in [0.15, 0.2) is 11.6 Å². The molecule has 8 fully saturated rings. The van der Waals surface area contributed by atoms with E-state index in [1.54, 1.807) is 0 Å². The Morgan fingerprint density at radius 2 is 1.31 bits per heavy atom. The molecule has 0 aromatic carbocycles. The summed E-state index contributed by atoms with van der Waals surface area (Å²) in [6, 6.07) is 0. The lowest BCUT2D eigenvalue weighted by atomic mass is 9.46. The number of fused-ring (bicyclic) bond motifs is 7. The quantitative estimate of drug-likeness (QED) is 0.105. The van der Waals surface area contributed by atoms with Gasteiger partial charge in [-0.3, -0.25) is 4.79 Å². The van der Waals surface area contributed by atoms with Crippen LogP contribution in [-0.2, 0) is 42.7 Å². The predicted octanol–water partition coefficient (Wildman–Crippen LogP) is -2.66.